The zero-order valence-corrected chi connectivity index (χ0v) is 14.6. The van der Waals surface area contributed by atoms with Gasteiger partial charge in [0.05, 0.1) is 16.8 Å². The van der Waals surface area contributed by atoms with Crippen molar-refractivity contribution >= 4 is 17.5 Å². The van der Waals surface area contributed by atoms with Crippen molar-refractivity contribution in [2.75, 3.05) is 13.1 Å². The first-order valence-electron chi connectivity index (χ1n) is 8.73. The zero-order valence-electron chi connectivity index (χ0n) is 13.9. The van der Waals surface area contributed by atoms with E-state index in [-0.39, 0.29) is 17.0 Å². The predicted molar refractivity (Wildman–Crippen MR) is 92.0 cm³/mol. The Morgan fingerprint density at radius 1 is 1.32 bits per heavy atom. The molecule has 5 nitrogen and oxygen atoms in total. The first-order chi connectivity index (χ1) is 12.1. The molecule has 4 rings (SSSR count). The molecule has 0 bridgehead atoms. The molecule has 1 unspecified atom stereocenters. The van der Waals surface area contributed by atoms with Gasteiger partial charge in [0.15, 0.2) is 0 Å². The first kappa shape index (κ1) is 16.5. The second-order valence-corrected chi connectivity index (χ2v) is 7.34. The average molecular weight is 363 g/mol. The number of amides is 1. The van der Waals surface area contributed by atoms with Crippen LogP contribution in [0.5, 0.6) is 0 Å². The molecule has 25 heavy (non-hydrogen) atoms. The van der Waals surface area contributed by atoms with Gasteiger partial charge in [-0.15, -0.1) is 5.10 Å². The maximum absolute atomic E-state index is 13.2. The number of aromatic nitrogens is 3. The summed E-state index contributed by atoms with van der Waals surface area (Å²) in [5.41, 5.74) is 1.96. The highest BCUT2D eigenvalue weighted by Gasteiger charge is 2.31. The number of rotatable bonds is 5. The van der Waals surface area contributed by atoms with Crippen molar-refractivity contribution in [2.45, 2.75) is 44.1 Å². The van der Waals surface area contributed by atoms with E-state index >= 15 is 0 Å². The lowest BCUT2D eigenvalue weighted by molar-refractivity contribution is -0.130. The van der Waals surface area contributed by atoms with Crippen LogP contribution in [0.4, 0.5) is 4.39 Å². The molecule has 2 heterocycles. The van der Waals surface area contributed by atoms with E-state index in [0.717, 1.165) is 24.2 Å². The van der Waals surface area contributed by atoms with Crippen molar-refractivity contribution in [3.05, 3.63) is 46.5 Å². The Bertz CT molecular complexity index is 789. The quantitative estimate of drug-likeness (QED) is 0.819. The molecule has 0 radical (unpaired) electrons. The molecule has 1 aliphatic carbocycles. The zero-order chi connectivity index (χ0) is 17.4. The Balaban J connectivity index is 1.31. The van der Waals surface area contributed by atoms with E-state index in [4.69, 9.17) is 11.6 Å². The molecule has 1 amide bonds. The van der Waals surface area contributed by atoms with Crippen molar-refractivity contribution in [3.8, 4) is 0 Å². The highest BCUT2D eigenvalue weighted by molar-refractivity contribution is 6.30. The molecule has 1 saturated heterocycles. The number of nitrogens with zero attached hydrogens (tertiary/aromatic N) is 4. The first-order valence-corrected chi connectivity index (χ1v) is 9.11. The Labute approximate surface area is 150 Å². The molecule has 1 aromatic carbocycles. The molecule has 0 spiro atoms. The van der Waals surface area contributed by atoms with Crippen LogP contribution in [0.25, 0.3) is 0 Å². The van der Waals surface area contributed by atoms with Gasteiger partial charge in [-0.3, -0.25) is 4.79 Å². The minimum Gasteiger partial charge on any atom is -0.340 e. The van der Waals surface area contributed by atoms with E-state index in [1.807, 2.05) is 15.8 Å². The van der Waals surface area contributed by atoms with E-state index in [1.165, 1.54) is 18.9 Å². The summed E-state index contributed by atoms with van der Waals surface area (Å²) in [6, 6.07) is 4.82. The lowest BCUT2D eigenvalue weighted by Gasteiger charge is -2.16. The van der Waals surface area contributed by atoms with Crippen LogP contribution in [-0.4, -0.2) is 38.9 Å². The highest BCUT2D eigenvalue weighted by atomic mass is 35.5. The van der Waals surface area contributed by atoms with Crippen molar-refractivity contribution in [3.63, 3.8) is 0 Å². The molecule has 0 N–H and O–H groups in total. The van der Waals surface area contributed by atoms with Gasteiger partial charge in [0.25, 0.3) is 0 Å². The summed E-state index contributed by atoms with van der Waals surface area (Å²) in [6.07, 6.45) is 6.33. The molecular formula is C18H20ClFN4O. The van der Waals surface area contributed by atoms with Crippen LogP contribution in [0.2, 0.25) is 5.02 Å². The highest BCUT2D eigenvalue weighted by Crippen LogP contribution is 2.39. The molecular weight excluding hydrogens is 343 g/mol. The van der Waals surface area contributed by atoms with E-state index in [9.17, 15) is 9.18 Å². The van der Waals surface area contributed by atoms with Crippen LogP contribution >= 0.6 is 11.6 Å². The topological polar surface area (TPSA) is 51.0 Å². The molecule has 1 saturated carbocycles. The molecule has 1 atom stereocenters. The van der Waals surface area contributed by atoms with Gasteiger partial charge >= 0.3 is 0 Å². The number of carbonyl (C=O) groups excluding carboxylic acids is 1. The monoisotopic (exact) mass is 362 g/mol. The van der Waals surface area contributed by atoms with Crippen LogP contribution in [-0.2, 0) is 11.2 Å². The van der Waals surface area contributed by atoms with Gasteiger partial charge in [-0.25, -0.2) is 9.07 Å². The summed E-state index contributed by atoms with van der Waals surface area (Å²) >= 11 is 5.79. The summed E-state index contributed by atoms with van der Waals surface area (Å²) in [5.74, 6) is 0.276. The Hall–Kier alpha value is -1.95. The van der Waals surface area contributed by atoms with Gasteiger partial charge < -0.3 is 4.90 Å². The molecule has 1 aliphatic heterocycles. The number of halogens is 2. The molecule has 1 aromatic heterocycles. The lowest BCUT2D eigenvalue weighted by Crippen LogP contribution is -2.29. The van der Waals surface area contributed by atoms with Crippen molar-refractivity contribution in [1.82, 2.24) is 19.9 Å². The standard InChI is InChI=1S/C18H20ClFN4O/c19-15-9-12(1-5-16(15)20)2-6-18(25)23-8-7-14(10-23)24-11-17(21-22-24)13-3-4-13/h1,5,9,11,13-14H,2-4,6-8,10H2. The van der Waals surface area contributed by atoms with Crippen LogP contribution in [0.1, 0.15) is 48.9 Å². The number of aryl methyl sites for hydroxylation is 1. The fraction of sp³-hybridized carbons (Fsp3) is 0.500. The van der Waals surface area contributed by atoms with E-state index in [1.54, 1.807) is 12.1 Å². The largest absolute Gasteiger partial charge is 0.340 e. The number of likely N-dealkylation sites (tertiary alicyclic amines) is 1. The molecule has 2 aliphatic rings. The molecule has 132 valence electrons. The van der Waals surface area contributed by atoms with Crippen molar-refractivity contribution in [1.29, 1.82) is 0 Å². The average Bonchev–Trinajstić information content (AvgIpc) is 3.13. The predicted octanol–water partition coefficient (Wildman–Crippen LogP) is 3.35. The lowest BCUT2D eigenvalue weighted by atomic mass is 10.1. The third kappa shape index (κ3) is 3.68. The minimum absolute atomic E-state index is 0.101. The third-order valence-corrected chi connectivity index (χ3v) is 5.32. The second kappa shape index (κ2) is 6.75. The Morgan fingerprint density at radius 2 is 2.16 bits per heavy atom. The van der Waals surface area contributed by atoms with Crippen molar-refractivity contribution in [2.24, 2.45) is 0 Å². The van der Waals surface area contributed by atoms with Crippen molar-refractivity contribution < 1.29 is 9.18 Å². The third-order valence-electron chi connectivity index (χ3n) is 5.03. The smallest absolute Gasteiger partial charge is 0.222 e. The molecule has 2 aromatic rings. The van der Waals surface area contributed by atoms with E-state index in [0.29, 0.717) is 25.3 Å². The summed E-state index contributed by atoms with van der Waals surface area (Å²) in [7, 11) is 0. The van der Waals surface area contributed by atoms with Gasteiger partial charge in [0.1, 0.15) is 5.82 Å². The van der Waals surface area contributed by atoms with E-state index in [2.05, 4.69) is 10.3 Å². The van der Waals surface area contributed by atoms with Crippen LogP contribution in [0, 0.1) is 5.82 Å². The maximum atomic E-state index is 13.2. The summed E-state index contributed by atoms with van der Waals surface area (Å²) in [4.78, 5) is 14.3. The fourth-order valence-corrected chi connectivity index (χ4v) is 3.53. The van der Waals surface area contributed by atoms with Gasteiger partial charge in [-0.05, 0) is 43.4 Å². The molecule has 2 fully saturated rings. The number of hydrogen-bond donors (Lipinski definition) is 0. The van der Waals surface area contributed by atoms with Gasteiger partial charge in [0, 0.05) is 31.6 Å². The Morgan fingerprint density at radius 3 is 2.92 bits per heavy atom. The van der Waals surface area contributed by atoms with E-state index < -0.39 is 5.82 Å². The summed E-state index contributed by atoms with van der Waals surface area (Å²) < 4.78 is 15.1. The summed E-state index contributed by atoms with van der Waals surface area (Å²) in [5, 5.41) is 8.59. The van der Waals surface area contributed by atoms with Gasteiger partial charge in [0.2, 0.25) is 5.91 Å². The van der Waals surface area contributed by atoms with Crippen LogP contribution in [0.3, 0.4) is 0 Å². The van der Waals surface area contributed by atoms with Gasteiger partial charge in [-0.1, -0.05) is 22.9 Å². The number of carbonyl (C=O) groups is 1. The van der Waals surface area contributed by atoms with Gasteiger partial charge in [-0.2, -0.15) is 0 Å². The SMILES string of the molecule is O=C(CCc1ccc(F)c(Cl)c1)N1CCC(n2cc(C3CC3)nn2)C1. The fourth-order valence-electron chi connectivity index (χ4n) is 3.32. The number of hydrogen-bond acceptors (Lipinski definition) is 3. The van der Waals surface area contributed by atoms with Crippen LogP contribution in [0.15, 0.2) is 24.4 Å². The maximum Gasteiger partial charge on any atom is 0.222 e. The number of benzene rings is 1. The normalized spacial score (nSPS) is 20.2. The van der Waals surface area contributed by atoms with Crippen LogP contribution < -0.4 is 0 Å². The second-order valence-electron chi connectivity index (χ2n) is 6.93. The summed E-state index contributed by atoms with van der Waals surface area (Å²) in [6.45, 7) is 1.42. The Kier molecular flexibility index (Phi) is 4.46. The molecule has 7 heteroatoms. The minimum atomic E-state index is -0.433.